The topological polar surface area (TPSA) is 44.5 Å². The molecule has 1 aliphatic rings. The summed E-state index contributed by atoms with van der Waals surface area (Å²) in [5, 5.41) is 14.0. The van der Waals surface area contributed by atoms with Gasteiger partial charge in [-0.05, 0) is 55.3 Å². The second-order valence-electron chi connectivity index (χ2n) is 7.68. The number of aryl methyl sites for hydroxylation is 2. The number of anilines is 1. The molecule has 0 amide bonds. The molecule has 0 bridgehead atoms. The predicted octanol–water partition coefficient (Wildman–Crippen LogP) is 3.58. The Morgan fingerprint density at radius 3 is 2.00 bits per heavy atom. The average Bonchev–Trinajstić information content (AvgIpc) is 3.01. The summed E-state index contributed by atoms with van der Waals surface area (Å²) >= 11 is 0. The van der Waals surface area contributed by atoms with Crippen LogP contribution in [0.1, 0.15) is 22.5 Å². The van der Waals surface area contributed by atoms with Gasteiger partial charge in [0.05, 0.1) is 12.2 Å². The molecule has 0 atom stereocenters. The number of nitrogens with zero attached hydrogens (tertiary/aromatic N) is 4. The van der Waals surface area contributed by atoms with E-state index in [0.717, 1.165) is 45.0 Å². The Bertz CT molecular complexity index is 907. The minimum Gasteiger partial charge on any atom is -0.508 e. The molecule has 1 fully saturated rings. The Morgan fingerprint density at radius 2 is 1.43 bits per heavy atom. The van der Waals surface area contributed by atoms with Crippen LogP contribution >= 0.6 is 0 Å². The van der Waals surface area contributed by atoms with Crippen molar-refractivity contribution in [1.29, 1.82) is 0 Å². The highest BCUT2D eigenvalue weighted by Crippen LogP contribution is 2.20. The largest absolute Gasteiger partial charge is 0.508 e. The predicted molar refractivity (Wildman–Crippen MR) is 113 cm³/mol. The summed E-state index contributed by atoms with van der Waals surface area (Å²) in [6.45, 7) is 10.1. The molecule has 146 valence electrons. The highest BCUT2D eigenvalue weighted by Gasteiger charge is 2.17. The maximum atomic E-state index is 9.45. The van der Waals surface area contributed by atoms with Crippen molar-refractivity contribution in [3.05, 3.63) is 77.1 Å². The second-order valence-corrected chi connectivity index (χ2v) is 7.68. The van der Waals surface area contributed by atoms with Crippen LogP contribution in [-0.2, 0) is 13.1 Å². The molecule has 0 radical (unpaired) electrons. The van der Waals surface area contributed by atoms with E-state index in [0.29, 0.717) is 5.75 Å². The lowest BCUT2D eigenvalue weighted by Crippen LogP contribution is -2.45. The molecule has 1 N–H and O–H groups in total. The highest BCUT2D eigenvalue weighted by molar-refractivity contribution is 5.49. The lowest BCUT2D eigenvalue weighted by molar-refractivity contribution is 0.250. The van der Waals surface area contributed by atoms with Gasteiger partial charge in [0, 0.05) is 44.1 Å². The van der Waals surface area contributed by atoms with Crippen LogP contribution in [0.2, 0.25) is 0 Å². The monoisotopic (exact) mass is 376 g/mol. The molecule has 0 spiro atoms. The summed E-state index contributed by atoms with van der Waals surface area (Å²) in [5.74, 6) is 0.323. The molecular formula is C23H28N4O. The first kappa shape index (κ1) is 18.6. The molecule has 5 nitrogen and oxygen atoms in total. The third-order valence-corrected chi connectivity index (χ3v) is 5.45. The van der Waals surface area contributed by atoms with E-state index in [9.17, 15) is 5.11 Å². The van der Waals surface area contributed by atoms with E-state index < -0.39 is 0 Å². The maximum Gasteiger partial charge on any atom is 0.115 e. The van der Waals surface area contributed by atoms with E-state index in [2.05, 4.69) is 56.8 Å². The molecule has 0 saturated carbocycles. The van der Waals surface area contributed by atoms with Crippen LogP contribution in [0.15, 0.2) is 54.6 Å². The number of phenols is 1. The minimum absolute atomic E-state index is 0.323. The Morgan fingerprint density at radius 1 is 0.821 bits per heavy atom. The van der Waals surface area contributed by atoms with Gasteiger partial charge in [-0.25, -0.2) is 0 Å². The van der Waals surface area contributed by atoms with Gasteiger partial charge in [-0.1, -0.05) is 24.3 Å². The smallest absolute Gasteiger partial charge is 0.115 e. The third kappa shape index (κ3) is 4.37. The number of aromatic hydroxyl groups is 1. The Balaban J connectivity index is 1.30. The molecule has 1 saturated heterocycles. The molecule has 28 heavy (non-hydrogen) atoms. The summed E-state index contributed by atoms with van der Waals surface area (Å²) in [6, 6.07) is 18.5. The lowest BCUT2D eigenvalue weighted by atomic mass is 10.1. The summed E-state index contributed by atoms with van der Waals surface area (Å²) in [6.07, 6.45) is 0. The quantitative estimate of drug-likeness (QED) is 0.739. The van der Waals surface area contributed by atoms with Crippen LogP contribution in [0.3, 0.4) is 0 Å². The molecular weight excluding hydrogens is 348 g/mol. The first-order valence-corrected chi connectivity index (χ1v) is 9.92. The van der Waals surface area contributed by atoms with E-state index in [1.807, 2.05) is 19.1 Å². The van der Waals surface area contributed by atoms with Crippen LogP contribution in [-0.4, -0.2) is 46.0 Å². The normalized spacial score (nSPS) is 15.1. The number of benzene rings is 2. The third-order valence-electron chi connectivity index (χ3n) is 5.45. The Hall–Kier alpha value is -2.79. The van der Waals surface area contributed by atoms with Gasteiger partial charge in [-0.2, -0.15) is 5.10 Å². The maximum absolute atomic E-state index is 9.45. The zero-order chi connectivity index (χ0) is 19.5. The van der Waals surface area contributed by atoms with Crippen molar-refractivity contribution in [2.75, 3.05) is 31.1 Å². The second kappa shape index (κ2) is 8.07. The Labute approximate surface area is 166 Å². The van der Waals surface area contributed by atoms with Gasteiger partial charge < -0.3 is 10.0 Å². The molecule has 0 unspecified atom stereocenters. The van der Waals surface area contributed by atoms with E-state index in [1.54, 1.807) is 12.1 Å². The van der Waals surface area contributed by atoms with E-state index in [-0.39, 0.29) is 0 Å². The summed E-state index contributed by atoms with van der Waals surface area (Å²) < 4.78 is 2.06. The van der Waals surface area contributed by atoms with Crippen LogP contribution in [0.5, 0.6) is 5.75 Å². The van der Waals surface area contributed by atoms with Crippen molar-refractivity contribution in [3.63, 3.8) is 0 Å². The van der Waals surface area contributed by atoms with Crippen molar-refractivity contribution in [1.82, 2.24) is 14.7 Å². The number of rotatable bonds is 5. The summed E-state index contributed by atoms with van der Waals surface area (Å²) in [5.41, 5.74) is 6.10. The highest BCUT2D eigenvalue weighted by atomic mass is 16.3. The fraction of sp³-hybridized carbons (Fsp3) is 0.348. The van der Waals surface area contributed by atoms with Crippen LogP contribution in [0.25, 0.3) is 0 Å². The zero-order valence-corrected chi connectivity index (χ0v) is 16.7. The van der Waals surface area contributed by atoms with Gasteiger partial charge in [-0.3, -0.25) is 9.58 Å². The minimum atomic E-state index is 0.323. The van der Waals surface area contributed by atoms with Gasteiger partial charge in [0.25, 0.3) is 0 Å². The lowest BCUT2D eigenvalue weighted by Gasteiger charge is -2.36. The van der Waals surface area contributed by atoms with Crippen molar-refractivity contribution in [2.24, 2.45) is 0 Å². The number of hydrogen-bond acceptors (Lipinski definition) is 4. The summed E-state index contributed by atoms with van der Waals surface area (Å²) in [7, 11) is 0. The molecule has 4 rings (SSSR count). The molecule has 0 aliphatic carbocycles. The first-order valence-electron chi connectivity index (χ1n) is 9.92. The van der Waals surface area contributed by atoms with Crippen molar-refractivity contribution < 1.29 is 5.11 Å². The van der Waals surface area contributed by atoms with Crippen molar-refractivity contribution >= 4 is 5.69 Å². The van der Waals surface area contributed by atoms with Gasteiger partial charge in [-0.15, -0.1) is 0 Å². The number of phenolic OH excluding ortho intramolecular Hbond substituents is 1. The van der Waals surface area contributed by atoms with Gasteiger partial charge in [0.2, 0.25) is 0 Å². The van der Waals surface area contributed by atoms with Crippen LogP contribution in [0, 0.1) is 13.8 Å². The van der Waals surface area contributed by atoms with Crippen molar-refractivity contribution in [2.45, 2.75) is 26.9 Å². The van der Waals surface area contributed by atoms with Crippen LogP contribution in [0.4, 0.5) is 5.69 Å². The summed E-state index contributed by atoms with van der Waals surface area (Å²) in [4.78, 5) is 4.89. The average molecular weight is 377 g/mol. The number of piperazine rings is 1. The fourth-order valence-electron chi connectivity index (χ4n) is 3.84. The van der Waals surface area contributed by atoms with Gasteiger partial charge in [0.1, 0.15) is 5.75 Å². The molecule has 2 aromatic carbocycles. The molecule has 2 heterocycles. The zero-order valence-electron chi connectivity index (χ0n) is 16.7. The SMILES string of the molecule is Cc1cc(C)n(Cc2ccc(CN3CCN(c4ccc(O)cc4)CC3)cc2)n1. The standard InChI is InChI=1S/C23H28N4O/c1-18-15-19(2)27(24-18)17-21-5-3-20(4-6-21)16-25-11-13-26(14-12-25)22-7-9-23(28)10-8-22/h3-10,15,28H,11-14,16-17H2,1-2H3. The number of aromatic nitrogens is 2. The molecule has 3 aromatic rings. The van der Waals surface area contributed by atoms with E-state index in [4.69, 9.17) is 0 Å². The first-order chi connectivity index (χ1) is 13.6. The van der Waals surface area contributed by atoms with Gasteiger partial charge in [0.15, 0.2) is 0 Å². The van der Waals surface area contributed by atoms with E-state index >= 15 is 0 Å². The van der Waals surface area contributed by atoms with Crippen LogP contribution < -0.4 is 4.90 Å². The fourth-order valence-corrected chi connectivity index (χ4v) is 3.84. The number of hydrogen-bond donors (Lipinski definition) is 1. The molecule has 5 heteroatoms. The molecule has 1 aromatic heterocycles. The van der Waals surface area contributed by atoms with E-state index in [1.165, 1.54) is 22.5 Å². The molecule has 1 aliphatic heterocycles. The van der Waals surface area contributed by atoms with Crippen molar-refractivity contribution in [3.8, 4) is 5.75 Å². The Kier molecular flexibility index (Phi) is 5.35. The van der Waals surface area contributed by atoms with Gasteiger partial charge >= 0.3 is 0 Å².